The molecule has 1 aliphatic heterocycles. The molecule has 0 N–H and O–H groups in total. The molecule has 5 rings (SSSR count). The Morgan fingerprint density at radius 3 is 2.56 bits per heavy atom. The summed E-state index contributed by atoms with van der Waals surface area (Å²) in [6, 6.07) is 18.5. The molecule has 2 fully saturated rings. The van der Waals surface area contributed by atoms with E-state index in [2.05, 4.69) is 6.07 Å². The lowest BCUT2D eigenvalue weighted by Crippen LogP contribution is -2.31. The standard InChI is InChI=1S/C26H20ClN3O3S/c1-33-22-5-3-2-4-21(22)30-24(31)13-23(26(30)32)34-25-19(14-28)18(12-20(29-25)16-6-7-16)15-8-10-17(27)11-9-15/h2-5,8-12,16,23H,6-7,13H2,1H3/t23-/m0/s1. The number of carbonyl (C=O) groups excluding carboxylic acids is 2. The number of anilines is 1. The molecule has 1 aliphatic carbocycles. The van der Waals surface area contributed by atoms with Crippen molar-refractivity contribution in [3.63, 3.8) is 0 Å². The lowest BCUT2D eigenvalue weighted by atomic mass is 10.0. The summed E-state index contributed by atoms with van der Waals surface area (Å²) < 4.78 is 5.35. The lowest BCUT2D eigenvalue weighted by Gasteiger charge is -2.18. The second-order valence-electron chi connectivity index (χ2n) is 8.22. The Kier molecular flexibility index (Phi) is 6.03. The number of halogens is 1. The van der Waals surface area contributed by atoms with Crippen molar-refractivity contribution in [1.82, 2.24) is 4.98 Å². The quantitative estimate of drug-likeness (QED) is 0.420. The monoisotopic (exact) mass is 489 g/mol. The van der Waals surface area contributed by atoms with E-state index >= 15 is 0 Å². The van der Waals surface area contributed by atoms with E-state index in [1.807, 2.05) is 18.2 Å². The molecule has 170 valence electrons. The van der Waals surface area contributed by atoms with Crippen molar-refractivity contribution in [2.45, 2.75) is 35.5 Å². The van der Waals surface area contributed by atoms with Crippen molar-refractivity contribution in [2.75, 3.05) is 12.0 Å². The molecule has 2 amide bonds. The SMILES string of the molecule is COc1ccccc1N1C(=O)C[C@H](Sc2nc(C3CC3)cc(-c3ccc(Cl)cc3)c2C#N)C1=O. The number of imide groups is 1. The highest BCUT2D eigenvalue weighted by molar-refractivity contribution is 8.00. The van der Waals surface area contributed by atoms with E-state index in [1.165, 1.54) is 23.8 Å². The number of hydrogen-bond donors (Lipinski definition) is 0. The van der Waals surface area contributed by atoms with E-state index in [0.717, 1.165) is 29.7 Å². The molecule has 0 spiro atoms. The molecule has 0 bridgehead atoms. The van der Waals surface area contributed by atoms with Crippen LogP contribution in [0.1, 0.15) is 36.4 Å². The number of carbonyl (C=O) groups is 2. The number of benzene rings is 2. The van der Waals surface area contributed by atoms with Crippen LogP contribution in [0.25, 0.3) is 11.1 Å². The Hall–Kier alpha value is -3.34. The molecule has 2 heterocycles. The Morgan fingerprint density at radius 1 is 1.15 bits per heavy atom. The van der Waals surface area contributed by atoms with Crippen molar-refractivity contribution in [1.29, 1.82) is 5.26 Å². The summed E-state index contributed by atoms with van der Waals surface area (Å²) in [7, 11) is 1.50. The molecule has 1 saturated heterocycles. The average Bonchev–Trinajstić information content (AvgIpc) is 3.66. The smallest absolute Gasteiger partial charge is 0.247 e. The first-order valence-electron chi connectivity index (χ1n) is 10.9. The van der Waals surface area contributed by atoms with Gasteiger partial charge in [0.05, 0.1) is 23.6 Å². The normalized spacial score (nSPS) is 17.7. The van der Waals surface area contributed by atoms with Gasteiger partial charge in [-0.2, -0.15) is 5.26 Å². The van der Waals surface area contributed by atoms with Crippen molar-refractivity contribution < 1.29 is 14.3 Å². The highest BCUT2D eigenvalue weighted by Gasteiger charge is 2.42. The second kappa shape index (κ2) is 9.13. The van der Waals surface area contributed by atoms with E-state index in [-0.39, 0.29) is 18.2 Å². The first-order chi connectivity index (χ1) is 16.5. The molecule has 2 aliphatic rings. The maximum Gasteiger partial charge on any atom is 0.247 e. The number of ether oxygens (including phenoxy) is 1. The molecule has 1 atom stereocenters. The Labute approximate surface area is 206 Å². The minimum atomic E-state index is -0.676. The maximum absolute atomic E-state index is 13.3. The third-order valence-corrected chi connectivity index (χ3v) is 7.38. The minimum Gasteiger partial charge on any atom is -0.495 e. The van der Waals surface area contributed by atoms with Gasteiger partial charge in [-0.05, 0) is 48.7 Å². The number of amides is 2. The zero-order chi connectivity index (χ0) is 23.8. The van der Waals surface area contributed by atoms with Gasteiger partial charge in [-0.25, -0.2) is 9.88 Å². The van der Waals surface area contributed by atoms with Gasteiger partial charge >= 0.3 is 0 Å². The molecule has 0 radical (unpaired) electrons. The molecular weight excluding hydrogens is 470 g/mol. The summed E-state index contributed by atoms with van der Waals surface area (Å²) in [5.74, 6) is 0.160. The fraction of sp³-hybridized carbons (Fsp3) is 0.231. The number of nitriles is 1. The molecule has 3 aromatic rings. The minimum absolute atomic E-state index is 0.0258. The topological polar surface area (TPSA) is 83.3 Å². The van der Waals surface area contributed by atoms with Crippen LogP contribution in [0.4, 0.5) is 5.69 Å². The van der Waals surface area contributed by atoms with E-state index in [9.17, 15) is 14.9 Å². The van der Waals surface area contributed by atoms with E-state index in [4.69, 9.17) is 21.3 Å². The summed E-state index contributed by atoms with van der Waals surface area (Å²) in [6.45, 7) is 0. The molecule has 0 unspecified atom stereocenters. The van der Waals surface area contributed by atoms with Crippen LogP contribution in [0, 0.1) is 11.3 Å². The lowest BCUT2D eigenvalue weighted by molar-refractivity contribution is -0.121. The average molecular weight is 490 g/mol. The zero-order valence-corrected chi connectivity index (χ0v) is 19.9. The number of aromatic nitrogens is 1. The van der Waals surface area contributed by atoms with Crippen molar-refractivity contribution in [3.05, 3.63) is 70.9 Å². The number of methoxy groups -OCH3 is 1. The maximum atomic E-state index is 13.3. The summed E-state index contributed by atoms with van der Waals surface area (Å²) in [6.07, 6.45) is 2.12. The second-order valence-corrected chi connectivity index (χ2v) is 9.85. The van der Waals surface area contributed by atoms with Gasteiger partial charge in [-0.1, -0.05) is 47.6 Å². The van der Waals surface area contributed by atoms with Gasteiger partial charge in [-0.15, -0.1) is 0 Å². The number of thioether (sulfide) groups is 1. The van der Waals surface area contributed by atoms with Gasteiger partial charge in [0.2, 0.25) is 11.8 Å². The predicted molar refractivity (Wildman–Crippen MR) is 131 cm³/mol. The highest BCUT2D eigenvalue weighted by Crippen LogP contribution is 2.44. The summed E-state index contributed by atoms with van der Waals surface area (Å²) in [5, 5.41) is 10.5. The highest BCUT2D eigenvalue weighted by atomic mass is 35.5. The Bertz CT molecular complexity index is 1330. The molecule has 1 aromatic heterocycles. The van der Waals surface area contributed by atoms with Gasteiger partial charge in [0, 0.05) is 28.6 Å². The molecular formula is C26H20ClN3O3S. The molecule has 8 heteroatoms. The number of para-hydroxylation sites is 2. The van der Waals surface area contributed by atoms with Gasteiger partial charge in [0.1, 0.15) is 16.8 Å². The van der Waals surface area contributed by atoms with Crippen LogP contribution >= 0.6 is 23.4 Å². The van der Waals surface area contributed by atoms with Gasteiger partial charge in [0.15, 0.2) is 0 Å². The summed E-state index contributed by atoms with van der Waals surface area (Å²) >= 11 is 7.25. The fourth-order valence-corrected chi connectivity index (χ4v) is 5.34. The Balaban J connectivity index is 1.52. The number of nitrogens with zero attached hydrogens (tertiary/aromatic N) is 3. The fourth-order valence-electron chi connectivity index (χ4n) is 4.08. The first kappa shape index (κ1) is 22.5. The van der Waals surface area contributed by atoms with Crippen molar-refractivity contribution in [2.24, 2.45) is 0 Å². The first-order valence-corrected chi connectivity index (χ1v) is 12.1. The van der Waals surface area contributed by atoms with Crippen LogP contribution in [-0.4, -0.2) is 29.2 Å². The Morgan fingerprint density at radius 2 is 1.88 bits per heavy atom. The van der Waals surface area contributed by atoms with E-state index in [1.54, 1.807) is 36.4 Å². The van der Waals surface area contributed by atoms with E-state index < -0.39 is 5.25 Å². The third-order valence-electron chi connectivity index (χ3n) is 5.95. The number of pyridine rings is 1. The van der Waals surface area contributed by atoms with Crippen LogP contribution in [0.2, 0.25) is 5.02 Å². The van der Waals surface area contributed by atoms with Crippen LogP contribution < -0.4 is 9.64 Å². The molecule has 6 nitrogen and oxygen atoms in total. The largest absolute Gasteiger partial charge is 0.495 e. The predicted octanol–water partition coefficient (Wildman–Crippen LogP) is 5.58. The van der Waals surface area contributed by atoms with Crippen LogP contribution in [0.15, 0.2) is 59.6 Å². The molecule has 1 saturated carbocycles. The molecule has 34 heavy (non-hydrogen) atoms. The van der Waals surface area contributed by atoms with Gasteiger partial charge in [0.25, 0.3) is 0 Å². The summed E-state index contributed by atoms with van der Waals surface area (Å²) in [5.41, 5.74) is 3.34. The zero-order valence-electron chi connectivity index (χ0n) is 18.3. The molecule has 2 aromatic carbocycles. The summed E-state index contributed by atoms with van der Waals surface area (Å²) in [4.78, 5) is 32.1. The van der Waals surface area contributed by atoms with Crippen molar-refractivity contribution >= 4 is 40.9 Å². The van der Waals surface area contributed by atoms with Crippen LogP contribution in [0.5, 0.6) is 5.75 Å². The number of hydrogen-bond acceptors (Lipinski definition) is 6. The van der Waals surface area contributed by atoms with Gasteiger partial charge in [-0.3, -0.25) is 9.59 Å². The number of rotatable bonds is 6. The van der Waals surface area contributed by atoms with Crippen molar-refractivity contribution in [3.8, 4) is 22.9 Å². The van der Waals surface area contributed by atoms with E-state index in [0.29, 0.717) is 33.0 Å². The van der Waals surface area contributed by atoms with Crippen LogP contribution in [-0.2, 0) is 9.59 Å². The van der Waals surface area contributed by atoms with Gasteiger partial charge < -0.3 is 4.74 Å². The van der Waals surface area contributed by atoms with Crippen LogP contribution in [0.3, 0.4) is 0 Å². The third kappa shape index (κ3) is 4.15.